The number of rotatable bonds is 7. The molecule has 0 aliphatic rings. The molecule has 1 unspecified atom stereocenters. The monoisotopic (exact) mass is 209 g/mol. The molecule has 80 valence electrons. The fourth-order valence-electron chi connectivity index (χ4n) is 1.19. The molecule has 0 aromatic rings. The van der Waals surface area contributed by atoms with Gasteiger partial charge in [-0.2, -0.15) is 8.42 Å². The molecule has 0 radical (unpaired) electrons. The average molecular weight is 209 g/mol. The minimum atomic E-state index is -3.93. The molecule has 13 heavy (non-hydrogen) atoms. The Morgan fingerprint density at radius 2 is 1.92 bits per heavy atom. The second kappa shape index (κ2) is 6.34. The SMILES string of the molecule is CCCCCCC(CN)S(=O)(=O)O. The summed E-state index contributed by atoms with van der Waals surface area (Å²) in [7, 11) is -3.93. The van der Waals surface area contributed by atoms with Gasteiger partial charge in [-0.3, -0.25) is 4.55 Å². The summed E-state index contributed by atoms with van der Waals surface area (Å²) in [4.78, 5) is 0. The molecule has 3 N–H and O–H groups in total. The van der Waals surface area contributed by atoms with Crippen LogP contribution in [0.2, 0.25) is 0 Å². The summed E-state index contributed by atoms with van der Waals surface area (Å²) >= 11 is 0. The van der Waals surface area contributed by atoms with Gasteiger partial charge < -0.3 is 5.73 Å². The molecule has 0 saturated heterocycles. The summed E-state index contributed by atoms with van der Waals surface area (Å²) in [5.41, 5.74) is 5.23. The number of nitrogens with two attached hydrogens (primary N) is 1. The van der Waals surface area contributed by atoms with E-state index in [2.05, 4.69) is 6.92 Å². The van der Waals surface area contributed by atoms with Crippen LogP contribution >= 0.6 is 0 Å². The Morgan fingerprint density at radius 1 is 1.31 bits per heavy atom. The van der Waals surface area contributed by atoms with E-state index in [0.29, 0.717) is 6.42 Å². The minimum absolute atomic E-state index is 0.00492. The summed E-state index contributed by atoms with van der Waals surface area (Å²) in [6.07, 6.45) is 4.50. The molecule has 0 heterocycles. The van der Waals surface area contributed by atoms with Crippen molar-refractivity contribution in [3.8, 4) is 0 Å². The highest BCUT2D eigenvalue weighted by Gasteiger charge is 2.20. The van der Waals surface area contributed by atoms with Crippen molar-refractivity contribution in [2.24, 2.45) is 5.73 Å². The molecule has 0 bridgehead atoms. The molecule has 0 amide bonds. The van der Waals surface area contributed by atoms with Gasteiger partial charge in [-0.25, -0.2) is 0 Å². The van der Waals surface area contributed by atoms with Crippen LogP contribution in [0.15, 0.2) is 0 Å². The van der Waals surface area contributed by atoms with Gasteiger partial charge in [0.1, 0.15) is 0 Å². The van der Waals surface area contributed by atoms with Crippen molar-refractivity contribution < 1.29 is 13.0 Å². The zero-order valence-corrected chi connectivity index (χ0v) is 8.89. The minimum Gasteiger partial charge on any atom is -0.329 e. The Morgan fingerprint density at radius 3 is 2.31 bits per heavy atom. The normalized spacial score (nSPS) is 14.4. The summed E-state index contributed by atoms with van der Waals surface area (Å²) in [5.74, 6) is 0. The van der Waals surface area contributed by atoms with Crippen molar-refractivity contribution in [1.29, 1.82) is 0 Å². The van der Waals surface area contributed by atoms with Gasteiger partial charge in [-0.1, -0.05) is 32.6 Å². The van der Waals surface area contributed by atoms with E-state index >= 15 is 0 Å². The summed E-state index contributed by atoms with van der Waals surface area (Å²) in [5, 5.41) is -0.774. The molecule has 0 fully saturated rings. The van der Waals surface area contributed by atoms with Gasteiger partial charge in [0.2, 0.25) is 0 Å². The summed E-state index contributed by atoms with van der Waals surface area (Å²) < 4.78 is 30.1. The fourth-order valence-corrected chi connectivity index (χ4v) is 1.89. The van der Waals surface area contributed by atoms with Gasteiger partial charge in [-0.15, -0.1) is 0 Å². The van der Waals surface area contributed by atoms with Crippen LogP contribution in [0.25, 0.3) is 0 Å². The molecule has 0 aliphatic carbocycles. The third-order valence-electron chi connectivity index (χ3n) is 2.06. The standard InChI is InChI=1S/C8H19NO3S/c1-2-3-4-5-6-8(7-9)13(10,11)12/h8H,2-7,9H2,1H3,(H,10,11,12). The molecule has 1 atom stereocenters. The molecular weight excluding hydrogens is 190 g/mol. The maximum atomic E-state index is 10.7. The number of unbranched alkanes of at least 4 members (excludes halogenated alkanes) is 3. The maximum Gasteiger partial charge on any atom is 0.269 e. The Balaban J connectivity index is 3.74. The number of hydrogen-bond acceptors (Lipinski definition) is 3. The molecule has 4 nitrogen and oxygen atoms in total. The average Bonchev–Trinajstić information content (AvgIpc) is 2.02. The van der Waals surface area contributed by atoms with E-state index in [1.807, 2.05) is 0 Å². The van der Waals surface area contributed by atoms with Gasteiger partial charge in [0.15, 0.2) is 0 Å². The van der Waals surface area contributed by atoms with Gasteiger partial charge >= 0.3 is 0 Å². The topological polar surface area (TPSA) is 80.4 Å². The molecule has 0 saturated carbocycles. The predicted octanol–water partition coefficient (Wildman–Crippen LogP) is 1.17. The highest BCUT2D eigenvalue weighted by atomic mass is 32.2. The van der Waals surface area contributed by atoms with Crippen LogP contribution in [-0.2, 0) is 10.1 Å². The third kappa shape index (κ3) is 6.01. The van der Waals surface area contributed by atoms with E-state index < -0.39 is 15.4 Å². The Hall–Kier alpha value is -0.130. The molecule has 0 aromatic carbocycles. The molecule has 0 aromatic heterocycles. The van der Waals surface area contributed by atoms with Crippen molar-refractivity contribution in [2.45, 2.75) is 44.3 Å². The van der Waals surface area contributed by atoms with E-state index in [1.54, 1.807) is 0 Å². The van der Waals surface area contributed by atoms with Gasteiger partial charge in [-0.05, 0) is 6.42 Å². The highest BCUT2D eigenvalue weighted by Crippen LogP contribution is 2.10. The van der Waals surface area contributed by atoms with Crippen molar-refractivity contribution in [2.75, 3.05) is 6.54 Å². The van der Waals surface area contributed by atoms with Crippen molar-refractivity contribution in [3.63, 3.8) is 0 Å². The van der Waals surface area contributed by atoms with E-state index in [4.69, 9.17) is 10.3 Å². The lowest BCUT2D eigenvalue weighted by Crippen LogP contribution is -2.29. The number of hydrogen-bond donors (Lipinski definition) is 2. The Kier molecular flexibility index (Phi) is 6.28. The first-order chi connectivity index (χ1) is 6.02. The Bertz CT molecular complexity index is 213. The van der Waals surface area contributed by atoms with E-state index in [9.17, 15) is 8.42 Å². The Labute approximate surface area is 80.3 Å². The van der Waals surface area contributed by atoms with E-state index in [-0.39, 0.29) is 6.54 Å². The lowest BCUT2D eigenvalue weighted by atomic mass is 10.1. The zero-order chi connectivity index (χ0) is 10.3. The lowest BCUT2D eigenvalue weighted by molar-refractivity contribution is 0.458. The second-order valence-electron chi connectivity index (χ2n) is 3.22. The van der Waals surface area contributed by atoms with Crippen molar-refractivity contribution in [3.05, 3.63) is 0 Å². The zero-order valence-electron chi connectivity index (χ0n) is 8.07. The van der Waals surface area contributed by atoms with Crippen LogP contribution in [0.3, 0.4) is 0 Å². The third-order valence-corrected chi connectivity index (χ3v) is 3.33. The first-order valence-electron chi connectivity index (χ1n) is 4.68. The van der Waals surface area contributed by atoms with Crippen LogP contribution in [0.5, 0.6) is 0 Å². The van der Waals surface area contributed by atoms with Crippen molar-refractivity contribution in [1.82, 2.24) is 0 Å². The van der Waals surface area contributed by atoms with Crippen LogP contribution in [-0.4, -0.2) is 24.8 Å². The molecular formula is C8H19NO3S. The fraction of sp³-hybridized carbons (Fsp3) is 1.00. The van der Waals surface area contributed by atoms with Gasteiger partial charge in [0.05, 0.1) is 5.25 Å². The first kappa shape index (κ1) is 12.9. The second-order valence-corrected chi connectivity index (χ2v) is 4.92. The summed E-state index contributed by atoms with van der Waals surface area (Å²) in [6.45, 7) is 2.09. The van der Waals surface area contributed by atoms with Crippen LogP contribution in [0, 0.1) is 0 Å². The molecule has 5 heteroatoms. The van der Waals surface area contributed by atoms with Crippen LogP contribution in [0.1, 0.15) is 39.0 Å². The van der Waals surface area contributed by atoms with Gasteiger partial charge in [0.25, 0.3) is 10.1 Å². The smallest absolute Gasteiger partial charge is 0.269 e. The molecule has 0 rings (SSSR count). The highest BCUT2D eigenvalue weighted by molar-refractivity contribution is 7.86. The van der Waals surface area contributed by atoms with Crippen molar-refractivity contribution >= 4 is 10.1 Å². The van der Waals surface area contributed by atoms with Gasteiger partial charge in [0, 0.05) is 6.54 Å². The lowest BCUT2D eigenvalue weighted by Gasteiger charge is -2.10. The quantitative estimate of drug-likeness (QED) is 0.487. The molecule has 0 spiro atoms. The largest absolute Gasteiger partial charge is 0.329 e. The predicted molar refractivity (Wildman–Crippen MR) is 53.2 cm³/mol. The summed E-state index contributed by atoms with van der Waals surface area (Å²) in [6, 6.07) is 0. The van der Waals surface area contributed by atoms with Crippen LogP contribution < -0.4 is 5.73 Å². The van der Waals surface area contributed by atoms with E-state index in [1.165, 1.54) is 0 Å². The molecule has 0 aliphatic heterocycles. The first-order valence-corrected chi connectivity index (χ1v) is 6.19. The van der Waals surface area contributed by atoms with Crippen LogP contribution in [0.4, 0.5) is 0 Å². The maximum absolute atomic E-state index is 10.7. The van der Waals surface area contributed by atoms with E-state index in [0.717, 1.165) is 25.7 Å².